The predicted molar refractivity (Wildman–Crippen MR) is 80.5 cm³/mol. The Morgan fingerprint density at radius 3 is 2.86 bits per heavy atom. The van der Waals surface area contributed by atoms with E-state index in [1.807, 2.05) is 29.2 Å². The van der Waals surface area contributed by atoms with Crippen LogP contribution in [0.4, 0.5) is 5.69 Å². The van der Waals surface area contributed by atoms with E-state index in [9.17, 15) is 4.79 Å². The molecule has 5 heteroatoms. The van der Waals surface area contributed by atoms with Gasteiger partial charge in [0.25, 0.3) is 0 Å². The summed E-state index contributed by atoms with van der Waals surface area (Å²) in [5.41, 5.74) is 2.05. The number of nitrogens with one attached hydrogen (secondary N) is 1. The van der Waals surface area contributed by atoms with Crippen LogP contribution in [0.5, 0.6) is 0 Å². The number of rotatable bonds is 5. The number of aromatic carboxylic acids is 1. The van der Waals surface area contributed by atoms with E-state index in [0.29, 0.717) is 18.2 Å². The van der Waals surface area contributed by atoms with Crippen molar-refractivity contribution in [2.45, 2.75) is 38.3 Å². The van der Waals surface area contributed by atoms with Crippen LogP contribution in [0.15, 0.2) is 36.7 Å². The van der Waals surface area contributed by atoms with Gasteiger partial charge in [0.1, 0.15) is 0 Å². The Hall–Kier alpha value is -2.30. The average molecular weight is 285 g/mol. The molecule has 1 heterocycles. The molecule has 2 aromatic rings. The molecule has 1 saturated carbocycles. The number of benzene rings is 1. The number of hydrogen-bond donors (Lipinski definition) is 2. The fourth-order valence-corrected chi connectivity index (χ4v) is 2.88. The minimum atomic E-state index is -0.894. The molecule has 0 atom stereocenters. The third-order valence-electron chi connectivity index (χ3n) is 4.03. The molecule has 0 radical (unpaired) electrons. The quantitative estimate of drug-likeness (QED) is 0.884. The van der Waals surface area contributed by atoms with Crippen LogP contribution in [0.1, 0.15) is 47.6 Å². The lowest BCUT2D eigenvalue weighted by Crippen LogP contribution is -2.07. The number of anilines is 1. The molecular formula is C16H19N3O2. The van der Waals surface area contributed by atoms with Crippen molar-refractivity contribution in [1.82, 2.24) is 9.78 Å². The van der Waals surface area contributed by atoms with Crippen molar-refractivity contribution in [1.29, 1.82) is 0 Å². The van der Waals surface area contributed by atoms with Crippen molar-refractivity contribution in [2.24, 2.45) is 0 Å². The Morgan fingerprint density at radius 1 is 1.33 bits per heavy atom. The monoisotopic (exact) mass is 285 g/mol. The van der Waals surface area contributed by atoms with Crippen LogP contribution in [0.3, 0.4) is 0 Å². The number of aromatic nitrogens is 2. The van der Waals surface area contributed by atoms with Crippen molar-refractivity contribution in [3.8, 4) is 0 Å². The van der Waals surface area contributed by atoms with E-state index in [4.69, 9.17) is 5.11 Å². The van der Waals surface area contributed by atoms with Gasteiger partial charge in [0, 0.05) is 12.7 Å². The second kappa shape index (κ2) is 5.99. The van der Waals surface area contributed by atoms with Gasteiger partial charge in [-0.05, 0) is 24.5 Å². The number of carboxylic acid groups (broad SMARTS) is 1. The number of hydrogen-bond acceptors (Lipinski definition) is 3. The summed E-state index contributed by atoms with van der Waals surface area (Å²) in [5, 5.41) is 16.8. The van der Waals surface area contributed by atoms with Crippen molar-refractivity contribution < 1.29 is 9.90 Å². The lowest BCUT2D eigenvalue weighted by molar-refractivity contribution is 0.0696. The summed E-state index contributed by atoms with van der Waals surface area (Å²) in [5.74, 6) is -0.894. The van der Waals surface area contributed by atoms with Crippen LogP contribution in [0.25, 0.3) is 0 Å². The van der Waals surface area contributed by atoms with Gasteiger partial charge in [-0.15, -0.1) is 0 Å². The zero-order valence-electron chi connectivity index (χ0n) is 11.8. The summed E-state index contributed by atoms with van der Waals surface area (Å²) in [6.07, 6.45) is 8.77. The largest absolute Gasteiger partial charge is 0.478 e. The normalized spacial score (nSPS) is 15.2. The molecule has 1 aliphatic rings. The maximum Gasteiger partial charge on any atom is 0.336 e. The van der Waals surface area contributed by atoms with Gasteiger partial charge >= 0.3 is 5.97 Å². The van der Waals surface area contributed by atoms with Crippen LogP contribution >= 0.6 is 0 Å². The van der Waals surface area contributed by atoms with Crippen molar-refractivity contribution >= 4 is 11.7 Å². The molecule has 1 aromatic carbocycles. The first kappa shape index (κ1) is 13.7. The zero-order valence-corrected chi connectivity index (χ0v) is 11.8. The van der Waals surface area contributed by atoms with Gasteiger partial charge in [-0.3, -0.25) is 4.68 Å². The fourth-order valence-electron chi connectivity index (χ4n) is 2.88. The van der Waals surface area contributed by atoms with Gasteiger partial charge in [-0.1, -0.05) is 31.0 Å². The van der Waals surface area contributed by atoms with E-state index in [2.05, 4.69) is 10.4 Å². The number of carboxylic acids is 1. The Labute approximate surface area is 123 Å². The molecule has 1 aliphatic carbocycles. The van der Waals surface area contributed by atoms with Gasteiger partial charge in [0.05, 0.1) is 23.5 Å². The molecule has 21 heavy (non-hydrogen) atoms. The first-order chi connectivity index (χ1) is 10.2. The Morgan fingerprint density at radius 2 is 2.10 bits per heavy atom. The lowest BCUT2D eigenvalue weighted by Gasteiger charge is -2.09. The molecule has 0 amide bonds. The van der Waals surface area contributed by atoms with Crippen LogP contribution in [-0.4, -0.2) is 20.9 Å². The van der Waals surface area contributed by atoms with E-state index in [0.717, 1.165) is 11.3 Å². The highest BCUT2D eigenvalue weighted by atomic mass is 16.4. The summed E-state index contributed by atoms with van der Waals surface area (Å²) in [4.78, 5) is 11.2. The van der Waals surface area contributed by atoms with Crippen molar-refractivity contribution in [2.75, 3.05) is 5.32 Å². The minimum Gasteiger partial charge on any atom is -0.478 e. The maximum absolute atomic E-state index is 11.2. The lowest BCUT2D eigenvalue weighted by atomic mass is 10.1. The topological polar surface area (TPSA) is 67.2 Å². The second-order valence-electron chi connectivity index (χ2n) is 5.46. The molecule has 5 nitrogen and oxygen atoms in total. The minimum absolute atomic E-state index is 0.341. The van der Waals surface area contributed by atoms with Gasteiger partial charge in [0.15, 0.2) is 0 Å². The predicted octanol–water partition coefficient (Wildman–Crippen LogP) is 3.31. The number of nitrogens with zero attached hydrogens (tertiary/aromatic N) is 2. The average Bonchev–Trinajstić information content (AvgIpc) is 3.16. The van der Waals surface area contributed by atoms with Crippen molar-refractivity contribution in [3.05, 3.63) is 47.8 Å². The standard InChI is InChI=1S/C16H19N3O2/c20-16(21)15-8-4-1-5-12(15)9-17-13-10-18-19(11-13)14-6-2-3-7-14/h1,4-5,8,10-11,14,17H,2-3,6-7,9H2,(H,20,21). The van der Waals surface area contributed by atoms with Crippen LogP contribution in [0, 0.1) is 0 Å². The van der Waals surface area contributed by atoms with Gasteiger partial charge in [-0.2, -0.15) is 5.10 Å². The summed E-state index contributed by atoms with van der Waals surface area (Å²) in [7, 11) is 0. The highest BCUT2D eigenvalue weighted by Crippen LogP contribution is 2.29. The van der Waals surface area contributed by atoms with E-state index in [1.54, 1.807) is 12.1 Å². The summed E-state index contributed by atoms with van der Waals surface area (Å²) >= 11 is 0. The van der Waals surface area contributed by atoms with Gasteiger partial charge in [-0.25, -0.2) is 4.79 Å². The highest BCUT2D eigenvalue weighted by Gasteiger charge is 2.17. The third-order valence-corrected chi connectivity index (χ3v) is 4.03. The summed E-state index contributed by atoms with van der Waals surface area (Å²) < 4.78 is 2.03. The summed E-state index contributed by atoms with van der Waals surface area (Å²) in [6.45, 7) is 0.485. The molecule has 0 bridgehead atoms. The van der Waals surface area contributed by atoms with Crippen LogP contribution in [0.2, 0.25) is 0 Å². The van der Waals surface area contributed by atoms with Crippen molar-refractivity contribution in [3.63, 3.8) is 0 Å². The van der Waals surface area contributed by atoms with E-state index >= 15 is 0 Å². The molecule has 0 unspecified atom stereocenters. The fraction of sp³-hybridized carbons (Fsp3) is 0.375. The van der Waals surface area contributed by atoms with Crippen LogP contribution < -0.4 is 5.32 Å². The third kappa shape index (κ3) is 3.07. The van der Waals surface area contributed by atoms with E-state index in [1.165, 1.54) is 25.7 Å². The molecule has 110 valence electrons. The van der Waals surface area contributed by atoms with Crippen LogP contribution in [-0.2, 0) is 6.54 Å². The smallest absolute Gasteiger partial charge is 0.336 e. The molecule has 3 rings (SSSR count). The molecule has 1 aromatic heterocycles. The Bertz CT molecular complexity index is 630. The second-order valence-corrected chi connectivity index (χ2v) is 5.46. The highest BCUT2D eigenvalue weighted by molar-refractivity contribution is 5.89. The Kier molecular flexibility index (Phi) is 3.90. The van der Waals surface area contributed by atoms with E-state index in [-0.39, 0.29) is 0 Å². The SMILES string of the molecule is O=C(O)c1ccccc1CNc1cnn(C2CCCC2)c1. The van der Waals surface area contributed by atoms with E-state index < -0.39 is 5.97 Å². The first-order valence-electron chi connectivity index (χ1n) is 7.33. The zero-order chi connectivity index (χ0) is 14.7. The Balaban J connectivity index is 1.66. The first-order valence-corrected chi connectivity index (χ1v) is 7.33. The summed E-state index contributed by atoms with van der Waals surface area (Å²) in [6, 6.07) is 7.57. The van der Waals surface area contributed by atoms with Gasteiger partial charge < -0.3 is 10.4 Å². The number of carbonyl (C=O) groups is 1. The molecule has 0 spiro atoms. The molecule has 0 saturated heterocycles. The maximum atomic E-state index is 11.2. The van der Waals surface area contributed by atoms with Gasteiger partial charge in [0.2, 0.25) is 0 Å². The molecule has 1 fully saturated rings. The molecule has 0 aliphatic heterocycles. The molecular weight excluding hydrogens is 266 g/mol. The molecule has 2 N–H and O–H groups in total.